The van der Waals surface area contributed by atoms with Crippen molar-refractivity contribution in [3.8, 4) is 0 Å². The summed E-state index contributed by atoms with van der Waals surface area (Å²) in [6, 6.07) is 8.00. The number of halogens is 2. The van der Waals surface area contributed by atoms with Crippen LogP contribution in [-0.4, -0.2) is 56.8 Å². The van der Waals surface area contributed by atoms with E-state index < -0.39 is 0 Å². The molecule has 0 radical (unpaired) electrons. The third kappa shape index (κ3) is 9.39. The normalized spacial score (nSPS) is 16.2. The molecule has 1 aliphatic heterocycles. The highest BCUT2D eigenvalue weighted by Crippen LogP contribution is 2.23. The van der Waals surface area contributed by atoms with Gasteiger partial charge in [-0.1, -0.05) is 37.6 Å². The standard InChI is InChI=1S/C19H31ClN4O.HI/c1-19(2,14-16-5-3-6-17(20)13-16)15-23-18(21)22-7-4-8-24-9-11-25-12-10-24;/h3,5-6,13H,4,7-12,14-15H2,1-2H3,(H3,21,22,23);1H. The van der Waals surface area contributed by atoms with Crippen molar-refractivity contribution in [3.63, 3.8) is 0 Å². The van der Waals surface area contributed by atoms with Gasteiger partial charge in [-0.25, -0.2) is 0 Å². The van der Waals surface area contributed by atoms with Crippen LogP contribution in [0.2, 0.25) is 5.02 Å². The summed E-state index contributed by atoms with van der Waals surface area (Å²) in [5.74, 6) is 0.529. The Balaban J connectivity index is 0.00000338. The van der Waals surface area contributed by atoms with Gasteiger partial charge < -0.3 is 15.8 Å². The lowest BCUT2D eigenvalue weighted by Crippen LogP contribution is -2.39. The molecule has 1 aliphatic rings. The van der Waals surface area contributed by atoms with Crippen LogP contribution in [0.1, 0.15) is 25.8 Å². The number of morpholine rings is 1. The van der Waals surface area contributed by atoms with Crippen molar-refractivity contribution in [1.82, 2.24) is 10.2 Å². The van der Waals surface area contributed by atoms with Crippen LogP contribution in [0, 0.1) is 5.41 Å². The molecule has 1 heterocycles. The Morgan fingerprint density at radius 1 is 1.35 bits per heavy atom. The molecule has 148 valence electrons. The van der Waals surface area contributed by atoms with Gasteiger partial charge in [0, 0.05) is 31.2 Å². The summed E-state index contributed by atoms with van der Waals surface area (Å²) in [4.78, 5) is 6.94. The van der Waals surface area contributed by atoms with Gasteiger partial charge in [-0.05, 0) is 42.5 Å². The molecule has 0 unspecified atom stereocenters. The van der Waals surface area contributed by atoms with Crippen molar-refractivity contribution in [2.75, 3.05) is 45.9 Å². The fraction of sp³-hybridized carbons (Fsp3) is 0.632. The van der Waals surface area contributed by atoms with Gasteiger partial charge in [0.2, 0.25) is 0 Å². The number of guanidine groups is 1. The van der Waals surface area contributed by atoms with Crippen LogP contribution in [0.3, 0.4) is 0 Å². The molecule has 0 aliphatic carbocycles. The summed E-state index contributed by atoms with van der Waals surface area (Å²) in [5.41, 5.74) is 7.26. The SMILES string of the molecule is CC(C)(CN=C(N)NCCCN1CCOCC1)Cc1cccc(Cl)c1.I. The van der Waals surface area contributed by atoms with Crippen LogP contribution in [0.15, 0.2) is 29.3 Å². The van der Waals surface area contributed by atoms with Crippen molar-refractivity contribution < 1.29 is 4.74 Å². The number of rotatable bonds is 8. The fourth-order valence-electron chi connectivity index (χ4n) is 2.95. The Morgan fingerprint density at radius 2 is 2.08 bits per heavy atom. The quantitative estimate of drug-likeness (QED) is 0.252. The zero-order valence-electron chi connectivity index (χ0n) is 15.8. The summed E-state index contributed by atoms with van der Waals surface area (Å²) in [6.45, 7) is 10.7. The minimum atomic E-state index is 0. The van der Waals surface area contributed by atoms with Crippen molar-refractivity contribution >= 4 is 41.5 Å². The molecule has 0 spiro atoms. The summed E-state index contributed by atoms with van der Waals surface area (Å²) in [6.07, 6.45) is 1.98. The Kier molecular flexibility index (Phi) is 10.8. The van der Waals surface area contributed by atoms with Gasteiger partial charge in [0.25, 0.3) is 0 Å². The average Bonchev–Trinajstić information content (AvgIpc) is 2.58. The number of nitrogens with one attached hydrogen (secondary N) is 1. The minimum Gasteiger partial charge on any atom is -0.379 e. The highest BCUT2D eigenvalue weighted by molar-refractivity contribution is 14.0. The molecular weight excluding hydrogens is 463 g/mol. The maximum absolute atomic E-state index is 6.06. The van der Waals surface area contributed by atoms with Gasteiger partial charge in [0.15, 0.2) is 5.96 Å². The largest absolute Gasteiger partial charge is 0.379 e. The highest BCUT2D eigenvalue weighted by Gasteiger charge is 2.18. The van der Waals surface area contributed by atoms with Gasteiger partial charge in [0.1, 0.15) is 0 Å². The van der Waals surface area contributed by atoms with E-state index >= 15 is 0 Å². The van der Waals surface area contributed by atoms with E-state index in [-0.39, 0.29) is 29.4 Å². The van der Waals surface area contributed by atoms with Crippen LogP contribution in [0.4, 0.5) is 0 Å². The van der Waals surface area contributed by atoms with Crippen LogP contribution in [-0.2, 0) is 11.2 Å². The fourth-order valence-corrected chi connectivity index (χ4v) is 3.17. The van der Waals surface area contributed by atoms with Crippen LogP contribution in [0.5, 0.6) is 0 Å². The van der Waals surface area contributed by atoms with Gasteiger partial charge in [-0.15, -0.1) is 24.0 Å². The van der Waals surface area contributed by atoms with Crippen molar-refractivity contribution in [2.24, 2.45) is 16.1 Å². The zero-order chi connectivity index (χ0) is 18.1. The third-order valence-electron chi connectivity index (χ3n) is 4.31. The predicted molar refractivity (Wildman–Crippen MR) is 121 cm³/mol. The van der Waals surface area contributed by atoms with Crippen LogP contribution in [0.25, 0.3) is 0 Å². The molecule has 2 rings (SSSR count). The van der Waals surface area contributed by atoms with Crippen molar-refractivity contribution in [2.45, 2.75) is 26.7 Å². The van der Waals surface area contributed by atoms with Crippen molar-refractivity contribution in [3.05, 3.63) is 34.9 Å². The molecule has 1 fully saturated rings. The van der Waals surface area contributed by atoms with E-state index in [9.17, 15) is 0 Å². The van der Waals surface area contributed by atoms with E-state index in [0.717, 1.165) is 57.3 Å². The maximum atomic E-state index is 6.06. The van der Waals surface area contributed by atoms with Gasteiger partial charge >= 0.3 is 0 Å². The number of aliphatic imine (C=N–C) groups is 1. The third-order valence-corrected chi connectivity index (χ3v) is 4.55. The summed E-state index contributed by atoms with van der Waals surface area (Å²) < 4.78 is 5.35. The highest BCUT2D eigenvalue weighted by atomic mass is 127. The molecule has 0 atom stereocenters. The molecule has 0 amide bonds. The molecule has 1 aromatic carbocycles. The molecule has 0 saturated carbocycles. The van der Waals surface area contributed by atoms with E-state index in [1.165, 1.54) is 5.56 Å². The zero-order valence-corrected chi connectivity index (χ0v) is 18.9. The predicted octanol–water partition coefficient (Wildman–Crippen LogP) is 3.15. The number of nitrogens with two attached hydrogens (primary N) is 1. The Labute approximate surface area is 179 Å². The first-order chi connectivity index (χ1) is 11.9. The first-order valence-corrected chi connectivity index (χ1v) is 9.41. The number of ether oxygens (including phenoxy) is 1. The molecule has 1 saturated heterocycles. The Morgan fingerprint density at radius 3 is 2.77 bits per heavy atom. The second kappa shape index (κ2) is 12.0. The average molecular weight is 495 g/mol. The molecule has 7 heteroatoms. The number of hydrogen-bond acceptors (Lipinski definition) is 3. The Bertz CT molecular complexity index is 562. The van der Waals surface area contributed by atoms with E-state index in [1.807, 2.05) is 18.2 Å². The summed E-state index contributed by atoms with van der Waals surface area (Å²) in [5, 5.41) is 3.99. The van der Waals surface area contributed by atoms with E-state index in [0.29, 0.717) is 12.5 Å². The first-order valence-electron chi connectivity index (χ1n) is 9.03. The van der Waals surface area contributed by atoms with Gasteiger partial charge in [0.05, 0.1) is 13.2 Å². The topological polar surface area (TPSA) is 62.9 Å². The first kappa shape index (κ1) is 23.5. The van der Waals surface area contributed by atoms with Gasteiger partial charge in [-0.2, -0.15) is 0 Å². The summed E-state index contributed by atoms with van der Waals surface area (Å²) in [7, 11) is 0. The minimum absolute atomic E-state index is 0. The molecule has 3 N–H and O–H groups in total. The van der Waals surface area contributed by atoms with E-state index in [2.05, 4.69) is 35.1 Å². The van der Waals surface area contributed by atoms with Crippen LogP contribution >= 0.6 is 35.6 Å². The molecule has 26 heavy (non-hydrogen) atoms. The summed E-state index contributed by atoms with van der Waals surface area (Å²) >= 11 is 6.06. The molecule has 5 nitrogen and oxygen atoms in total. The second-order valence-corrected chi connectivity index (χ2v) is 7.84. The lowest BCUT2D eigenvalue weighted by Gasteiger charge is -2.26. The maximum Gasteiger partial charge on any atom is 0.188 e. The molecule has 0 aromatic heterocycles. The monoisotopic (exact) mass is 494 g/mol. The van der Waals surface area contributed by atoms with E-state index in [1.54, 1.807) is 0 Å². The number of nitrogens with zero attached hydrogens (tertiary/aromatic N) is 2. The van der Waals surface area contributed by atoms with Gasteiger partial charge in [-0.3, -0.25) is 9.89 Å². The van der Waals surface area contributed by atoms with E-state index in [4.69, 9.17) is 22.1 Å². The molecular formula is C19H32ClIN4O. The smallest absolute Gasteiger partial charge is 0.188 e. The lowest BCUT2D eigenvalue weighted by atomic mass is 9.86. The molecule has 1 aromatic rings. The molecule has 0 bridgehead atoms. The van der Waals surface area contributed by atoms with Crippen LogP contribution < -0.4 is 11.1 Å². The number of hydrogen-bond donors (Lipinski definition) is 2. The lowest BCUT2D eigenvalue weighted by molar-refractivity contribution is 0.0376. The van der Waals surface area contributed by atoms with Crippen molar-refractivity contribution in [1.29, 1.82) is 0 Å². The second-order valence-electron chi connectivity index (χ2n) is 7.41. The number of benzene rings is 1. The Hall–Kier alpha value is -0.570.